The van der Waals surface area contributed by atoms with Gasteiger partial charge in [-0.2, -0.15) is 13.2 Å². The Hall–Kier alpha value is -1.60. The first-order chi connectivity index (χ1) is 7.52. The van der Waals surface area contributed by atoms with Gasteiger partial charge in [0, 0.05) is 13.8 Å². The molecule has 0 unspecified atom stereocenters. The molecule has 0 amide bonds. The molecule has 1 saturated heterocycles. The zero-order chi connectivity index (χ0) is 13.4. The highest BCUT2D eigenvalue weighted by Crippen LogP contribution is 2.28. The quantitative estimate of drug-likeness (QED) is 0.542. The lowest BCUT2D eigenvalue weighted by atomic mass is 10.0. The van der Waals surface area contributed by atoms with Crippen LogP contribution in [0.15, 0.2) is 0 Å². The second kappa shape index (κ2) is 4.01. The highest BCUT2D eigenvalue weighted by Gasteiger charge is 2.49. The smallest absolute Gasteiger partial charge is 0.395 e. The van der Waals surface area contributed by atoms with Crippen LogP contribution in [0, 0.1) is 5.92 Å². The Balaban J connectivity index is 2.82. The van der Waals surface area contributed by atoms with Crippen LogP contribution in [0.5, 0.6) is 0 Å². The van der Waals surface area contributed by atoms with Gasteiger partial charge in [-0.3, -0.25) is 14.4 Å². The van der Waals surface area contributed by atoms with Crippen LogP contribution < -0.4 is 0 Å². The van der Waals surface area contributed by atoms with E-state index in [-0.39, 0.29) is 0 Å². The second-order valence-electron chi connectivity index (χ2n) is 3.93. The summed E-state index contributed by atoms with van der Waals surface area (Å²) in [6.45, 7) is 2.46. The number of hydrogen-bond donors (Lipinski definition) is 0. The Kier molecular flexibility index (Phi) is 3.17. The molecule has 5 nitrogen and oxygen atoms in total. The van der Waals surface area contributed by atoms with Crippen molar-refractivity contribution in [2.45, 2.75) is 32.2 Å². The molecule has 0 atom stereocenters. The average molecular weight is 254 g/mol. The van der Waals surface area contributed by atoms with Gasteiger partial charge in [0.25, 0.3) is 5.79 Å². The maximum Gasteiger partial charge on any atom is 0.395 e. The van der Waals surface area contributed by atoms with E-state index < -0.39 is 42.0 Å². The van der Waals surface area contributed by atoms with Gasteiger partial charge in [0.1, 0.15) is 6.42 Å². The molecule has 8 heteroatoms. The number of halogens is 3. The maximum atomic E-state index is 11.9. The van der Waals surface area contributed by atoms with Gasteiger partial charge in [0.15, 0.2) is 5.78 Å². The molecule has 1 heterocycles. The number of alkyl halides is 3. The van der Waals surface area contributed by atoms with Crippen LogP contribution >= 0.6 is 0 Å². The monoisotopic (exact) mass is 254 g/mol. The van der Waals surface area contributed by atoms with Crippen LogP contribution in [0.1, 0.15) is 20.3 Å². The first-order valence-corrected chi connectivity index (χ1v) is 4.57. The van der Waals surface area contributed by atoms with Gasteiger partial charge < -0.3 is 9.47 Å². The molecular weight excluding hydrogens is 245 g/mol. The number of carbonyl (C=O) groups excluding carboxylic acids is 3. The fraction of sp³-hybridized carbons (Fsp3) is 0.667. The Bertz CT molecular complexity index is 351. The number of hydrogen-bond acceptors (Lipinski definition) is 5. The number of ketones is 1. The third kappa shape index (κ3) is 3.43. The number of Topliss-reactive ketones (excluding diaryl/α,β-unsaturated/α-hetero) is 1. The van der Waals surface area contributed by atoms with Crippen molar-refractivity contribution in [3.63, 3.8) is 0 Å². The molecule has 1 aliphatic heterocycles. The summed E-state index contributed by atoms with van der Waals surface area (Å²) in [5.41, 5.74) is 0. The van der Waals surface area contributed by atoms with Crippen molar-refractivity contribution in [3.8, 4) is 0 Å². The van der Waals surface area contributed by atoms with Crippen molar-refractivity contribution >= 4 is 17.7 Å². The normalized spacial score (nSPS) is 20.8. The summed E-state index contributed by atoms with van der Waals surface area (Å²) < 4.78 is 44.9. The predicted octanol–water partition coefficient (Wildman–Crippen LogP) is 0.960. The fourth-order valence-corrected chi connectivity index (χ4v) is 1.28. The first-order valence-electron chi connectivity index (χ1n) is 4.57. The average Bonchev–Trinajstić information content (AvgIpc) is 1.94. The third-order valence-electron chi connectivity index (χ3n) is 1.86. The van der Waals surface area contributed by atoms with Crippen molar-refractivity contribution < 1.29 is 37.0 Å². The molecule has 0 bridgehead atoms. The molecular formula is C9H9F3O5. The van der Waals surface area contributed by atoms with E-state index in [4.69, 9.17) is 0 Å². The van der Waals surface area contributed by atoms with E-state index >= 15 is 0 Å². The first kappa shape index (κ1) is 13.5. The van der Waals surface area contributed by atoms with E-state index in [0.29, 0.717) is 0 Å². The van der Waals surface area contributed by atoms with E-state index in [1.165, 1.54) is 13.8 Å². The molecule has 0 aromatic rings. The van der Waals surface area contributed by atoms with Gasteiger partial charge in [-0.05, 0) is 0 Å². The fourth-order valence-electron chi connectivity index (χ4n) is 1.28. The minimum Gasteiger partial charge on any atom is -0.422 e. The lowest BCUT2D eigenvalue weighted by Crippen LogP contribution is -2.49. The Morgan fingerprint density at radius 1 is 1.24 bits per heavy atom. The summed E-state index contributed by atoms with van der Waals surface area (Å²) in [5.74, 6) is -7.93. The number of esters is 2. The van der Waals surface area contributed by atoms with Crippen LogP contribution in [0.2, 0.25) is 0 Å². The predicted molar refractivity (Wildman–Crippen MR) is 45.4 cm³/mol. The molecule has 1 fully saturated rings. The molecule has 1 aliphatic rings. The van der Waals surface area contributed by atoms with Gasteiger partial charge in [0.05, 0.1) is 0 Å². The van der Waals surface area contributed by atoms with E-state index in [9.17, 15) is 27.6 Å². The molecule has 0 radical (unpaired) electrons. The topological polar surface area (TPSA) is 69.7 Å². The van der Waals surface area contributed by atoms with E-state index in [2.05, 4.69) is 9.47 Å². The molecule has 0 aliphatic carbocycles. The summed E-state index contributed by atoms with van der Waals surface area (Å²) in [7, 11) is 0. The highest BCUT2D eigenvalue weighted by atomic mass is 19.4. The zero-order valence-corrected chi connectivity index (χ0v) is 8.96. The molecule has 1 rings (SSSR count). The van der Waals surface area contributed by atoms with Gasteiger partial charge >= 0.3 is 18.1 Å². The van der Waals surface area contributed by atoms with Gasteiger partial charge in [0.2, 0.25) is 5.92 Å². The Morgan fingerprint density at radius 2 is 1.65 bits per heavy atom. The zero-order valence-electron chi connectivity index (χ0n) is 8.96. The Morgan fingerprint density at radius 3 is 2.00 bits per heavy atom. The van der Waals surface area contributed by atoms with Crippen LogP contribution in [-0.2, 0) is 23.9 Å². The van der Waals surface area contributed by atoms with E-state index in [1.54, 1.807) is 0 Å². The summed E-state index contributed by atoms with van der Waals surface area (Å²) in [4.78, 5) is 33.6. The Labute approximate surface area is 93.9 Å². The molecule has 0 N–H and O–H groups in total. The lowest BCUT2D eigenvalue weighted by Gasteiger charge is -2.32. The van der Waals surface area contributed by atoms with Crippen molar-refractivity contribution in [3.05, 3.63) is 0 Å². The third-order valence-corrected chi connectivity index (χ3v) is 1.86. The largest absolute Gasteiger partial charge is 0.422 e. The molecule has 0 spiro atoms. The standard InChI is InChI=1S/C9H9F3O5/c1-8(2)16-6(14)5(7(15)17-8)4(13)3-9(10,11)12/h5H,3H2,1-2H3. The highest BCUT2D eigenvalue weighted by molar-refractivity contribution is 6.16. The van der Waals surface area contributed by atoms with Gasteiger partial charge in [-0.25, -0.2) is 0 Å². The summed E-state index contributed by atoms with van der Waals surface area (Å²) in [6, 6.07) is 0. The molecule has 0 saturated carbocycles. The number of cyclic esters (lactones) is 2. The second-order valence-corrected chi connectivity index (χ2v) is 3.93. The van der Waals surface area contributed by atoms with E-state index in [1.807, 2.05) is 0 Å². The van der Waals surface area contributed by atoms with Crippen LogP contribution in [0.25, 0.3) is 0 Å². The summed E-state index contributed by atoms with van der Waals surface area (Å²) >= 11 is 0. The number of ether oxygens (including phenoxy) is 2. The lowest BCUT2D eigenvalue weighted by molar-refractivity contribution is -0.238. The SMILES string of the molecule is CC1(C)OC(=O)C(C(=O)CC(F)(F)F)C(=O)O1. The molecule has 0 aromatic heterocycles. The molecule has 0 aromatic carbocycles. The van der Waals surface area contributed by atoms with Crippen LogP contribution in [0.3, 0.4) is 0 Å². The summed E-state index contributed by atoms with van der Waals surface area (Å²) in [6.07, 6.45) is -6.66. The number of carbonyl (C=O) groups is 3. The molecule has 96 valence electrons. The van der Waals surface area contributed by atoms with Gasteiger partial charge in [-0.15, -0.1) is 0 Å². The van der Waals surface area contributed by atoms with Crippen molar-refractivity contribution in [2.75, 3.05) is 0 Å². The maximum absolute atomic E-state index is 11.9. The molecule has 17 heavy (non-hydrogen) atoms. The van der Waals surface area contributed by atoms with Crippen molar-refractivity contribution in [1.29, 1.82) is 0 Å². The van der Waals surface area contributed by atoms with Crippen molar-refractivity contribution in [2.24, 2.45) is 5.92 Å². The van der Waals surface area contributed by atoms with Crippen LogP contribution in [0.4, 0.5) is 13.2 Å². The van der Waals surface area contributed by atoms with Gasteiger partial charge in [-0.1, -0.05) is 0 Å². The number of rotatable bonds is 2. The summed E-state index contributed by atoms with van der Waals surface area (Å²) in [5, 5.41) is 0. The van der Waals surface area contributed by atoms with Crippen molar-refractivity contribution in [1.82, 2.24) is 0 Å². The van der Waals surface area contributed by atoms with Crippen LogP contribution in [-0.4, -0.2) is 29.7 Å². The minimum atomic E-state index is -4.79. The minimum absolute atomic E-state index is 1.23. The van der Waals surface area contributed by atoms with E-state index in [0.717, 1.165) is 0 Å².